The molecule has 1 N–H and O–H groups in total. The van der Waals surface area contributed by atoms with Gasteiger partial charge in [-0.25, -0.2) is 0 Å². The summed E-state index contributed by atoms with van der Waals surface area (Å²) < 4.78 is 0. The Balaban J connectivity index is 0.000000258. The van der Waals surface area contributed by atoms with Gasteiger partial charge in [-0.05, 0) is 16.8 Å². The summed E-state index contributed by atoms with van der Waals surface area (Å²) >= 11 is 0. The van der Waals surface area contributed by atoms with Crippen LogP contribution in [0.15, 0.2) is 78.7 Å². The maximum absolute atomic E-state index is 11.5. The fourth-order valence-electron chi connectivity index (χ4n) is 3.01. The van der Waals surface area contributed by atoms with Crippen molar-refractivity contribution in [3.8, 4) is 11.4 Å². The zero-order valence-electron chi connectivity index (χ0n) is 20.5. The van der Waals surface area contributed by atoms with Crippen LogP contribution in [0, 0.1) is 16.9 Å². The van der Waals surface area contributed by atoms with E-state index < -0.39 is 5.41 Å². The average molecular weight is 632 g/mol. The zero-order chi connectivity index (χ0) is 24.2. The average Bonchev–Trinajstić information content (AvgIpc) is 2.78. The van der Waals surface area contributed by atoms with Crippen molar-refractivity contribution in [2.24, 2.45) is 10.8 Å². The summed E-state index contributed by atoms with van der Waals surface area (Å²) in [6.07, 6.45) is 3.24. The summed E-state index contributed by atoms with van der Waals surface area (Å²) in [5.41, 5.74) is 1.12. The summed E-state index contributed by atoms with van der Waals surface area (Å²) in [5.74, 6) is 0.820. The molecule has 0 bridgehead atoms. The molecule has 179 valence electrons. The van der Waals surface area contributed by atoms with Crippen LogP contribution in [0.2, 0.25) is 0 Å². The molecule has 0 saturated carbocycles. The summed E-state index contributed by atoms with van der Waals surface area (Å²) in [5, 5.41) is 13.0. The van der Waals surface area contributed by atoms with E-state index in [9.17, 15) is 9.90 Å². The van der Waals surface area contributed by atoms with Gasteiger partial charge in [-0.1, -0.05) is 71.9 Å². The molecule has 1 radical (unpaired) electrons. The van der Waals surface area contributed by atoms with Crippen LogP contribution in [-0.2, 0) is 24.9 Å². The maximum Gasteiger partial charge on any atom is 0.164 e. The Morgan fingerprint density at radius 3 is 2.18 bits per heavy atom. The number of ketones is 1. The Morgan fingerprint density at radius 1 is 0.882 bits per heavy atom. The summed E-state index contributed by atoms with van der Waals surface area (Å²) in [6.45, 7) is 11.1. The molecule has 0 fully saturated rings. The van der Waals surface area contributed by atoms with Crippen LogP contribution in [-0.4, -0.2) is 20.9 Å². The van der Waals surface area contributed by atoms with E-state index >= 15 is 0 Å². The Kier molecular flexibility index (Phi) is 8.88. The third kappa shape index (κ3) is 6.82. The van der Waals surface area contributed by atoms with Gasteiger partial charge in [-0.3, -0.25) is 14.8 Å². The maximum atomic E-state index is 11.5. The molecule has 0 atom stereocenters. The van der Waals surface area contributed by atoms with Gasteiger partial charge in [-0.2, -0.15) is 0 Å². The number of carbonyl (C=O) groups excluding carboxylic acids is 1. The van der Waals surface area contributed by atoms with Crippen molar-refractivity contribution in [2.45, 2.75) is 41.5 Å². The van der Waals surface area contributed by atoms with Gasteiger partial charge in [0.15, 0.2) is 5.78 Å². The monoisotopic (exact) mass is 632 g/mol. The number of aromatic nitrogens is 2. The first-order valence-corrected chi connectivity index (χ1v) is 11.0. The molecule has 34 heavy (non-hydrogen) atoms. The van der Waals surface area contributed by atoms with Crippen LogP contribution in [0.1, 0.15) is 41.5 Å². The van der Waals surface area contributed by atoms with E-state index in [1.807, 2.05) is 90.2 Å². The topological polar surface area (TPSA) is 63.1 Å². The van der Waals surface area contributed by atoms with Crippen LogP contribution in [0.3, 0.4) is 0 Å². The number of benzene rings is 3. The van der Waals surface area contributed by atoms with Crippen molar-refractivity contribution in [3.63, 3.8) is 0 Å². The van der Waals surface area contributed by atoms with Crippen molar-refractivity contribution < 1.29 is 30.0 Å². The van der Waals surface area contributed by atoms with Crippen molar-refractivity contribution in [2.75, 3.05) is 0 Å². The Labute approximate surface area is 215 Å². The van der Waals surface area contributed by atoms with E-state index in [1.54, 1.807) is 0 Å². The minimum absolute atomic E-state index is 0. The van der Waals surface area contributed by atoms with Crippen molar-refractivity contribution >= 4 is 27.5 Å². The standard InChI is InChI=1S/C18H11N2.C11H20O2.Ir/c1-2-7-14(8-3-1)18-19-12-16-15-9-5-4-6-13(15)10-11-17(16)20-18;1-10(2,3)8(12)7-9(13)11(4,5)6;/h1-7,9-12H;7,12H,1-6H3;/q-1;;. The molecule has 5 heteroatoms. The van der Waals surface area contributed by atoms with Gasteiger partial charge >= 0.3 is 0 Å². The predicted octanol–water partition coefficient (Wildman–Crippen LogP) is 7.34. The number of nitrogens with zero attached hydrogens (tertiary/aromatic N) is 2. The number of allylic oxidation sites excluding steroid dienone is 2. The number of aliphatic hydroxyl groups excluding tert-OH is 1. The van der Waals surface area contributed by atoms with E-state index in [1.165, 1.54) is 16.8 Å². The SMILES string of the molecule is CC(C)(C)C(=O)C=C(O)C(C)(C)C.[Ir].[c-]1ccccc1-c1ncc2c(ccc3ccccc32)n1. The first kappa shape index (κ1) is 27.4. The minimum atomic E-state index is -0.417. The van der Waals surface area contributed by atoms with Crippen LogP contribution in [0.4, 0.5) is 0 Å². The van der Waals surface area contributed by atoms with E-state index in [2.05, 4.69) is 34.2 Å². The molecule has 0 aliphatic heterocycles. The van der Waals surface area contributed by atoms with Crippen LogP contribution >= 0.6 is 0 Å². The second-order valence-electron chi connectivity index (χ2n) is 10.1. The fraction of sp³-hybridized carbons (Fsp3) is 0.276. The van der Waals surface area contributed by atoms with Crippen LogP contribution in [0.5, 0.6) is 0 Å². The van der Waals surface area contributed by atoms with Gasteiger partial charge in [0, 0.05) is 48.6 Å². The van der Waals surface area contributed by atoms with Gasteiger partial charge in [0.2, 0.25) is 0 Å². The second-order valence-corrected chi connectivity index (χ2v) is 10.1. The van der Waals surface area contributed by atoms with Gasteiger partial charge in [0.05, 0.1) is 11.3 Å². The fourth-order valence-corrected chi connectivity index (χ4v) is 3.01. The van der Waals surface area contributed by atoms with E-state index in [0.29, 0.717) is 5.82 Å². The number of rotatable bonds is 2. The zero-order valence-corrected chi connectivity index (χ0v) is 22.9. The second kappa shape index (κ2) is 11.0. The van der Waals surface area contributed by atoms with Gasteiger partial charge in [0.1, 0.15) is 5.76 Å². The number of aliphatic hydroxyl groups is 1. The van der Waals surface area contributed by atoms with Crippen molar-refractivity contribution in [1.29, 1.82) is 0 Å². The molecule has 3 aromatic carbocycles. The molecule has 1 aromatic heterocycles. The number of fused-ring (bicyclic) bond motifs is 3. The Bertz CT molecular complexity index is 1300. The summed E-state index contributed by atoms with van der Waals surface area (Å²) in [7, 11) is 0. The molecule has 0 amide bonds. The molecule has 0 aliphatic rings. The molecular weight excluding hydrogens is 601 g/mol. The van der Waals surface area contributed by atoms with Gasteiger partial charge in [-0.15, -0.1) is 35.9 Å². The van der Waals surface area contributed by atoms with E-state index in [-0.39, 0.29) is 37.1 Å². The first-order chi connectivity index (χ1) is 15.5. The van der Waals surface area contributed by atoms with Crippen LogP contribution < -0.4 is 0 Å². The number of hydrogen-bond acceptors (Lipinski definition) is 4. The molecule has 4 nitrogen and oxygen atoms in total. The smallest absolute Gasteiger partial charge is 0.164 e. The Morgan fingerprint density at radius 2 is 1.56 bits per heavy atom. The van der Waals surface area contributed by atoms with E-state index in [4.69, 9.17) is 0 Å². The third-order valence-electron chi connectivity index (χ3n) is 5.22. The summed E-state index contributed by atoms with van der Waals surface area (Å²) in [4.78, 5) is 20.6. The molecule has 0 saturated heterocycles. The van der Waals surface area contributed by atoms with Crippen molar-refractivity contribution in [3.05, 3.63) is 84.8 Å². The van der Waals surface area contributed by atoms with Crippen molar-refractivity contribution in [1.82, 2.24) is 9.97 Å². The molecule has 4 aromatic rings. The molecule has 0 unspecified atom stereocenters. The predicted molar refractivity (Wildman–Crippen MR) is 136 cm³/mol. The number of carbonyl (C=O) groups is 1. The number of hydrogen-bond donors (Lipinski definition) is 1. The first-order valence-electron chi connectivity index (χ1n) is 11.0. The van der Waals surface area contributed by atoms with E-state index in [0.717, 1.165) is 16.5 Å². The minimum Gasteiger partial charge on any atom is -0.512 e. The molecule has 0 aliphatic carbocycles. The largest absolute Gasteiger partial charge is 0.512 e. The Hall–Kier alpha value is -2.88. The van der Waals surface area contributed by atoms with Gasteiger partial charge < -0.3 is 5.11 Å². The molecule has 1 heterocycles. The third-order valence-corrected chi connectivity index (χ3v) is 5.22. The normalized spacial score (nSPS) is 12.0. The quantitative estimate of drug-likeness (QED) is 0.109. The van der Waals surface area contributed by atoms with Gasteiger partial charge in [0.25, 0.3) is 0 Å². The van der Waals surface area contributed by atoms with Crippen LogP contribution in [0.25, 0.3) is 33.1 Å². The molecule has 4 rings (SSSR count). The molecular formula is C29H31IrN2O2-. The molecule has 0 spiro atoms. The summed E-state index contributed by atoms with van der Waals surface area (Å²) in [6, 6.07) is 23.4.